The van der Waals surface area contributed by atoms with Gasteiger partial charge in [0.15, 0.2) is 0 Å². The number of halogens is 2. The van der Waals surface area contributed by atoms with Gasteiger partial charge < -0.3 is 20.0 Å². The number of fused-ring (bicyclic) bond motifs is 2. The molecule has 2 aromatic heterocycles. The van der Waals surface area contributed by atoms with E-state index in [1.54, 1.807) is 33.4 Å². The van der Waals surface area contributed by atoms with E-state index in [1.165, 1.54) is 24.3 Å². The summed E-state index contributed by atoms with van der Waals surface area (Å²) in [6.07, 6.45) is 0. The maximum atomic E-state index is 11.7. The molecule has 0 atom stereocenters. The number of nitrogens with two attached hydrogens (primary N) is 1. The highest BCUT2D eigenvalue weighted by Gasteiger charge is 2.11. The van der Waals surface area contributed by atoms with Crippen molar-refractivity contribution in [2.45, 2.75) is 26.9 Å². The maximum Gasteiger partial charge on any atom is 0.335 e. The lowest BCUT2D eigenvalue weighted by molar-refractivity contribution is 0.0696. The van der Waals surface area contributed by atoms with E-state index in [2.05, 4.69) is 0 Å². The molecule has 0 unspecified atom stereocenters. The Morgan fingerprint density at radius 2 is 1.21 bits per heavy atom. The Bertz CT molecular complexity index is 1440. The number of primary amides is 1. The lowest BCUT2D eigenvalue weighted by Gasteiger charge is -2.09. The third-order valence-electron chi connectivity index (χ3n) is 5.29. The molecule has 34 heavy (non-hydrogen) atoms. The highest BCUT2D eigenvalue weighted by Crippen LogP contribution is 2.24. The molecule has 4 aromatic rings. The Morgan fingerprint density at radius 3 is 1.59 bits per heavy atom. The van der Waals surface area contributed by atoms with Crippen molar-refractivity contribution < 1.29 is 14.7 Å². The smallest absolute Gasteiger partial charge is 0.335 e. The van der Waals surface area contributed by atoms with Crippen molar-refractivity contribution in [3.8, 4) is 0 Å². The molecular weight excluding hydrogens is 481 g/mol. The third-order valence-corrected chi connectivity index (χ3v) is 5.91. The van der Waals surface area contributed by atoms with Gasteiger partial charge in [0.25, 0.3) is 11.1 Å². The van der Waals surface area contributed by atoms with Crippen LogP contribution in [0.1, 0.15) is 34.6 Å². The average molecular weight is 502 g/mol. The molecule has 0 saturated carbocycles. The van der Waals surface area contributed by atoms with Gasteiger partial charge in [0.1, 0.15) is 0 Å². The van der Waals surface area contributed by atoms with E-state index in [4.69, 9.17) is 34.0 Å². The molecule has 176 valence electrons. The Labute approximate surface area is 203 Å². The van der Waals surface area contributed by atoms with Crippen LogP contribution in [0.3, 0.4) is 0 Å². The normalized spacial score (nSPS) is 10.7. The number of carboxylic acid groups (broad SMARTS) is 1. The summed E-state index contributed by atoms with van der Waals surface area (Å²) in [6.45, 7) is 4.78. The van der Waals surface area contributed by atoms with Crippen LogP contribution < -0.4 is 16.9 Å². The molecule has 2 aromatic carbocycles. The van der Waals surface area contributed by atoms with Crippen LogP contribution in [0, 0.1) is 0 Å². The monoisotopic (exact) mass is 501 g/mol. The second kappa shape index (κ2) is 10.1. The minimum Gasteiger partial charge on any atom is -0.478 e. The molecule has 2 heterocycles. The predicted molar refractivity (Wildman–Crippen MR) is 133 cm³/mol. The average Bonchev–Trinajstić information content (AvgIpc) is 2.79. The molecule has 0 aliphatic carbocycles. The van der Waals surface area contributed by atoms with Crippen molar-refractivity contribution in [3.63, 3.8) is 0 Å². The molecule has 0 fully saturated rings. The summed E-state index contributed by atoms with van der Waals surface area (Å²) in [7, 11) is 0. The molecule has 8 nitrogen and oxygen atoms in total. The van der Waals surface area contributed by atoms with Crippen LogP contribution in [0.15, 0.2) is 58.1 Å². The Balaban J connectivity index is 0.000000191. The first-order valence-electron chi connectivity index (χ1n) is 10.3. The van der Waals surface area contributed by atoms with E-state index < -0.39 is 11.9 Å². The summed E-state index contributed by atoms with van der Waals surface area (Å²) in [6, 6.07) is 12.1. The second-order valence-corrected chi connectivity index (χ2v) is 8.10. The second-order valence-electron chi connectivity index (χ2n) is 7.28. The lowest BCUT2D eigenvalue weighted by atomic mass is 10.1. The molecule has 3 N–H and O–H groups in total. The van der Waals surface area contributed by atoms with Gasteiger partial charge in [-0.1, -0.05) is 23.2 Å². The van der Waals surface area contributed by atoms with Crippen molar-refractivity contribution >= 4 is 56.9 Å². The van der Waals surface area contributed by atoms with E-state index in [0.29, 0.717) is 45.5 Å². The summed E-state index contributed by atoms with van der Waals surface area (Å²) < 4.78 is 3.14. The Hall–Kier alpha value is -3.62. The number of aryl methyl sites for hydroxylation is 2. The zero-order chi connectivity index (χ0) is 25.2. The molecule has 0 aliphatic heterocycles. The third kappa shape index (κ3) is 4.83. The molecule has 0 spiro atoms. The largest absolute Gasteiger partial charge is 0.478 e. The van der Waals surface area contributed by atoms with Gasteiger partial charge in [-0.15, -0.1) is 0 Å². The summed E-state index contributed by atoms with van der Waals surface area (Å²) in [5.74, 6) is -1.53. The first-order valence-corrected chi connectivity index (χ1v) is 11.0. The SMILES string of the molecule is CCn1c(=O)cc(Cl)c2cc(C(=O)O)ccc21.CCn1c(=O)cc(Cl)c2cc(C(N)=O)ccc21. The molecule has 0 radical (unpaired) electrons. The molecule has 0 saturated heterocycles. The van der Waals surface area contributed by atoms with Gasteiger partial charge in [0, 0.05) is 41.6 Å². The number of aromatic carboxylic acids is 1. The van der Waals surface area contributed by atoms with Gasteiger partial charge >= 0.3 is 5.97 Å². The van der Waals surface area contributed by atoms with E-state index >= 15 is 0 Å². The fourth-order valence-corrected chi connectivity index (χ4v) is 4.12. The Morgan fingerprint density at radius 1 is 0.794 bits per heavy atom. The van der Waals surface area contributed by atoms with Gasteiger partial charge in [0.05, 0.1) is 26.6 Å². The summed E-state index contributed by atoms with van der Waals surface area (Å²) in [4.78, 5) is 45.3. The molecule has 10 heteroatoms. The number of nitrogens with zero attached hydrogens (tertiary/aromatic N) is 2. The van der Waals surface area contributed by atoms with E-state index in [0.717, 1.165) is 0 Å². The van der Waals surface area contributed by atoms with E-state index in [-0.39, 0.29) is 21.7 Å². The van der Waals surface area contributed by atoms with E-state index in [1.807, 2.05) is 13.8 Å². The van der Waals surface area contributed by atoms with Crippen LogP contribution in [0.5, 0.6) is 0 Å². The van der Waals surface area contributed by atoms with Gasteiger partial charge in [-0.3, -0.25) is 14.4 Å². The number of rotatable bonds is 4. The summed E-state index contributed by atoms with van der Waals surface area (Å²) in [5.41, 5.74) is 6.74. The minimum atomic E-state index is -1.02. The lowest BCUT2D eigenvalue weighted by Crippen LogP contribution is -2.19. The van der Waals surface area contributed by atoms with Crippen LogP contribution >= 0.6 is 23.2 Å². The van der Waals surface area contributed by atoms with Gasteiger partial charge in [-0.2, -0.15) is 0 Å². The fraction of sp³-hybridized carbons (Fsp3) is 0.167. The molecule has 4 rings (SSSR count). The number of aromatic nitrogens is 2. The van der Waals surface area contributed by atoms with Crippen LogP contribution in [-0.4, -0.2) is 26.1 Å². The zero-order valence-corrected chi connectivity index (χ0v) is 19.9. The number of benzene rings is 2. The topological polar surface area (TPSA) is 124 Å². The van der Waals surface area contributed by atoms with Gasteiger partial charge in [-0.25, -0.2) is 4.79 Å². The standard InChI is InChI=1S/C12H11ClN2O2.C12H10ClNO3/c1-2-15-10-4-3-7(12(14)17)5-8(10)9(13)6-11(15)16;1-2-14-10-4-3-7(12(16)17)5-8(10)9(13)6-11(14)15/h3-6H,2H2,1H3,(H2,14,17);3-6H,2H2,1H3,(H,16,17). The van der Waals surface area contributed by atoms with Crippen molar-refractivity contribution in [2.75, 3.05) is 0 Å². The minimum absolute atomic E-state index is 0.153. The van der Waals surface area contributed by atoms with E-state index in [9.17, 15) is 19.2 Å². The van der Waals surface area contributed by atoms with Gasteiger partial charge in [0.2, 0.25) is 5.91 Å². The number of hydrogen-bond acceptors (Lipinski definition) is 4. The van der Waals surface area contributed by atoms with Crippen LogP contribution in [0.2, 0.25) is 10.0 Å². The Kier molecular flexibility index (Phi) is 7.44. The highest BCUT2D eigenvalue weighted by atomic mass is 35.5. The number of carbonyl (C=O) groups is 2. The summed E-state index contributed by atoms with van der Waals surface area (Å²) >= 11 is 12.0. The number of amides is 1. The molecular formula is C24H21Cl2N3O5. The first kappa shape index (κ1) is 25.0. The van der Waals surface area contributed by atoms with Crippen LogP contribution in [-0.2, 0) is 13.1 Å². The highest BCUT2D eigenvalue weighted by molar-refractivity contribution is 6.35. The number of pyridine rings is 2. The van der Waals surface area contributed by atoms with Crippen LogP contribution in [0.4, 0.5) is 0 Å². The van der Waals surface area contributed by atoms with Crippen molar-refractivity contribution in [2.24, 2.45) is 5.73 Å². The quantitative estimate of drug-likeness (QED) is 0.434. The molecule has 0 aliphatic rings. The number of carbonyl (C=O) groups excluding carboxylic acids is 1. The molecule has 0 bridgehead atoms. The number of hydrogen-bond donors (Lipinski definition) is 2. The van der Waals surface area contributed by atoms with Crippen molar-refractivity contribution in [1.29, 1.82) is 0 Å². The van der Waals surface area contributed by atoms with Crippen LogP contribution in [0.25, 0.3) is 21.8 Å². The van der Waals surface area contributed by atoms with Crippen molar-refractivity contribution in [1.82, 2.24) is 9.13 Å². The zero-order valence-electron chi connectivity index (χ0n) is 18.3. The molecule has 1 amide bonds. The fourth-order valence-electron chi connectivity index (χ4n) is 3.63. The first-order chi connectivity index (χ1) is 16.1. The maximum absolute atomic E-state index is 11.7. The summed E-state index contributed by atoms with van der Waals surface area (Å²) in [5, 5.41) is 10.7. The predicted octanol–water partition coefficient (Wildman–Crippen LogP) is 4.15. The van der Waals surface area contributed by atoms with Gasteiger partial charge in [-0.05, 0) is 50.2 Å². The van der Waals surface area contributed by atoms with Crippen molar-refractivity contribution in [3.05, 3.63) is 90.4 Å². The number of carboxylic acids is 1.